The Labute approximate surface area is 128 Å². The molecule has 6 heteroatoms. The largest absolute Gasteiger partial charge is 0.497 e. The van der Waals surface area contributed by atoms with Crippen LogP contribution in [0.2, 0.25) is 25.7 Å². The highest BCUT2D eigenvalue weighted by Crippen LogP contribution is 2.40. The first-order valence-corrected chi connectivity index (χ1v) is 11.5. The van der Waals surface area contributed by atoms with Crippen molar-refractivity contribution in [3.63, 3.8) is 0 Å². The predicted octanol–water partition coefficient (Wildman–Crippen LogP) is 2.37. The lowest BCUT2D eigenvalue weighted by molar-refractivity contribution is -0.222. The van der Waals surface area contributed by atoms with Crippen molar-refractivity contribution in [1.82, 2.24) is 5.06 Å². The number of nitrogens with zero attached hydrogens (tertiary/aromatic N) is 1. The molecule has 3 aliphatic rings. The van der Waals surface area contributed by atoms with Gasteiger partial charge < -0.3 is 14.2 Å². The molecule has 0 spiro atoms. The van der Waals surface area contributed by atoms with Crippen LogP contribution in [0.3, 0.4) is 0 Å². The number of rotatable bonds is 4. The fourth-order valence-electron chi connectivity index (χ4n) is 3.12. The summed E-state index contributed by atoms with van der Waals surface area (Å²) in [6, 6.07) is 1.20. The van der Waals surface area contributed by atoms with Crippen LogP contribution in [-0.4, -0.2) is 56.9 Å². The number of ether oxygens (including phenoxy) is 3. The molecule has 0 saturated carbocycles. The quantitative estimate of drug-likeness (QED) is 0.745. The summed E-state index contributed by atoms with van der Waals surface area (Å²) in [5, 5.41) is 1.97. The van der Waals surface area contributed by atoms with Gasteiger partial charge in [0.15, 0.2) is 5.79 Å². The maximum Gasteiger partial charge on any atom is 0.163 e. The summed E-state index contributed by atoms with van der Waals surface area (Å²) in [6.07, 6.45) is 2.10. The van der Waals surface area contributed by atoms with E-state index in [9.17, 15) is 0 Å². The molecule has 5 nitrogen and oxygen atoms in total. The molecule has 0 unspecified atom stereocenters. The first-order valence-electron chi connectivity index (χ1n) is 7.83. The van der Waals surface area contributed by atoms with E-state index in [0.717, 1.165) is 25.0 Å². The molecule has 0 aromatic carbocycles. The Balaban J connectivity index is 1.66. The molecule has 0 bridgehead atoms. The van der Waals surface area contributed by atoms with E-state index in [-0.39, 0.29) is 18.2 Å². The molecule has 0 radical (unpaired) electrons. The summed E-state index contributed by atoms with van der Waals surface area (Å²) in [6.45, 7) is 13.1. The van der Waals surface area contributed by atoms with Crippen molar-refractivity contribution in [2.75, 3.05) is 19.8 Å². The van der Waals surface area contributed by atoms with Gasteiger partial charge in [-0.15, -0.1) is 0 Å². The first-order chi connectivity index (χ1) is 9.75. The molecule has 3 rings (SSSR count). The fourth-order valence-corrected chi connectivity index (χ4v) is 3.83. The van der Waals surface area contributed by atoms with Crippen molar-refractivity contribution in [1.29, 1.82) is 0 Å². The van der Waals surface area contributed by atoms with Gasteiger partial charge in [0.05, 0.1) is 19.8 Å². The summed E-state index contributed by atoms with van der Waals surface area (Å²) in [5.41, 5.74) is 0. The zero-order valence-corrected chi connectivity index (χ0v) is 14.7. The molecular formula is C15H27NO4Si. The molecular weight excluding hydrogens is 286 g/mol. The van der Waals surface area contributed by atoms with E-state index in [0.29, 0.717) is 6.61 Å². The molecule has 0 N–H and O–H groups in total. The van der Waals surface area contributed by atoms with Gasteiger partial charge >= 0.3 is 0 Å². The highest BCUT2D eigenvalue weighted by molar-refractivity contribution is 6.76. The minimum Gasteiger partial charge on any atom is -0.497 e. The summed E-state index contributed by atoms with van der Waals surface area (Å²) in [5.74, 6) is 0.482. The highest BCUT2D eigenvalue weighted by Gasteiger charge is 2.55. The highest BCUT2D eigenvalue weighted by atomic mass is 28.3. The zero-order valence-electron chi connectivity index (χ0n) is 13.7. The van der Waals surface area contributed by atoms with Crippen molar-refractivity contribution in [2.24, 2.45) is 0 Å². The zero-order chi connectivity index (χ0) is 15.3. The Hall–Kier alpha value is -0.403. The van der Waals surface area contributed by atoms with Crippen molar-refractivity contribution in [2.45, 2.75) is 63.6 Å². The minimum atomic E-state index is -1.08. The van der Waals surface area contributed by atoms with Gasteiger partial charge in [-0.2, -0.15) is 5.06 Å². The van der Waals surface area contributed by atoms with Gasteiger partial charge in [0.1, 0.15) is 24.0 Å². The standard InChI is InChI=1S/C15H27NO4Si/c1-15(2)19-12-10-16-13(14(12)20-15)11(6-7-18-16)17-8-9-21(3,4)5/h6,12-14H,7-10H2,1-5H3/t12-,13+,14-/m0/s1. The molecule has 3 heterocycles. The summed E-state index contributed by atoms with van der Waals surface area (Å²) in [7, 11) is -1.08. The molecule has 3 atom stereocenters. The monoisotopic (exact) mass is 313 g/mol. The Morgan fingerprint density at radius 2 is 2.10 bits per heavy atom. The van der Waals surface area contributed by atoms with E-state index in [4.69, 9.17) is 19.0 Å². The third-order valence-electron chi connectivity index (χ3n) is 4.14. The molecule has 120 valence electrons. The van der Waals surface area contributed by atoms with E-state index < -0.39 is 13.9 Å². The van der Waals surface area contributed by atoms with Crippen LogP contribution >= 0.6 is 0 Å². The second-order valence-electron chi connectivity index (χ2n) is 7.74. The van der Waals surface area contributed by atoms with Gasteiger partial charge in [0.25, 0.3) is 0 Å². The fraction of sp³-hybridized carbons (Fsp3) is 0.867. The van der Waals surface area contributed by atoms with E-state index in [1.165, 1.54) is 0 Å². The first kappa shape index (κ1) is 15.5. The lowest BCUT2D eigenvalue weighted by Crippen LogP contribution is -2.43. The lowest BCUT2D eigenvalue weighted by Gasteiger charge is -2.33. The van der Waals surface area contributed by atoms with Crippen LogP contribution < -0.4 is 0 Å². The minimum absolute atomic E-state index is 0.00145. The van der Waals surface area contributed by atoms with Crippen LogP contribution in [0, 0.1) is 0 Å². The van der Waals surface area contributed by atoms with Gasteiger partial charge in [-0.05, 0) is 26.0 Å². The second kappa shape index (κ2) is 5.35. The van der Waals surface area contributed by atoms with Gasteiger partial charge in [0, 0.05) is 8.07 Å². The van der Waals surface area contributed by atoms with Crippen LogP contribution in [0.5, 0.6) is 0 Å². The van der Waals surface area contributed by atoms with Crippen LogP contribution in [0.25, 0.3) is 0 Å². The van der Waals surface area contributed by atoms with Crippen molar-refractivity contribution >= 4 is 8.07 Å². The smallest absolute Gasteiger partial charge is 0.163 e. The third kappa shape index (κ3) is 3.34. The van der Waals surface area contributed by atoms with E-state index in [2.05, 4.69) is 19.6 Å². The van der Waals surface area contributed by atoms with Gasteiger partial charge in [0.2, 0.25) is 0 Å². The molecule has 0 amide bonds. The summed E-state index contributed by atoms with van der Waals surface area (Å²) in [4.78, 5) is 5.71. The Morgan fingerprint density at radius 3 is 2.81 bits per heavy atom. The molecule has 21 heavy (non-hydrogen) atoms. The predicted molar refractivity (Wildman–Crippen MR) is 82.5 cm³/mol. The average Bonchev–Trinajstić information content (AvgIpc) is 2.79. The topological polar surface area (TPSA) is 40.2 Å². The number of hydroxylamine groups is 2. The molecule has 0 aromatic heterocycles. The van der Waals surface area contributed by atoms with Crippen molar-refractivity contribution in [3.05, 3.63) is 11.8 Å². The normalized spacial score (nSPS) is 35.3. The molecule has 0 aromatic rings. The van der Waals surface area contributed by atoms with E-state index in [1.807, 2.05) is 25.0 Å². The van der Waals surface area contributed by atoms with Gasteiger partial charge in [-0.3, -0.25) is 4.84 Å². The maximum atomic E-state index is 6.09. The average molecular weight is 313 g/mol. The molecule has 2 fully saturated rings. The van der Waals surface area contributed by atoms with E-state index in [1.54, 1.807) is 0 Å². The summed E-state index contributed by atoms with van der Waals surface area (Å²) >= 11 is 0. The molecule has 3 aliphatic heterocycles. The molecule has 0 aliphatic carbocycles. The Morgan fingerprint density at radius 1 is 1.33 bits per heavy atom. The van der Waals surface area contributed by atoms with Gasteiger partial charge in [-0.1, -0.05) is 19.6 Å². The Kier molecular flexibility index (Phi) is 3.95. The van der Waals surface area contributed by atoms with Crippen LogP contribution in [0.1, 0.15) is 13.8 Å². The SMILES string of the molecule is CC1(C)O[C@H]2[C@H](CN3OCC=C(OCC[Si](C)(C)C)[C@H]23)O1. The Bertz CT molecular complexity index is 432. The van der Waals surface area contributed by atoms with Crippen LogP contribution in [-0.2, 0) is 19.0 Å². The van der Waals surface area contributed by atoms with Gasteiger partial charge in [-0.25, -0.2) is 0 Å². The van der Waals surface area contributed by atoms with Crippen LogP contribution in [0.15, 0.2) is 11.8 Å². The van der Waals surface area contributed by atoms with Crippen molar-refractivity contribution in [3.8, 4) is 0 Å². The molecule has 2 saturated heterocycles. The maximum absolute atomic E-state index is 6.09. The lowest BCUT2D eigenvalue weighted by atomic mass is 10.1. The third-order valence-corrected chi connectivity index (χ3v) is 5.84. The number of fused-ring (bicyclic) bond motifs is 3. The number of hydrogen-bond donors (Lipinski definition) is 0. The summed E-state index contributed by atoms with van der Waals surface area (Å²) < 4.78 is 18.1. The number of hydrogen-bond acceptors (Lipinski definition) is 5. The van der Waals surface area contributed by atoms with E-state index >= 15 is 0 Å². The van der Waals surface area contributed by atoms with Crippen molar-refractivity contribution < 1.29 is 19.0 Å². The van der Waals surface area contributed by atoms with Crippen LogP contribution in [0.4, 0.5) is 0 Å². The second-order valence-corrected chi connectivity index (χ2v) is 13.4.